The first kappa shape index (κ1) is 27.0. The first-order valence-electron chi connectivity index (χ1n) is 5.94. The van der Waals surface area contributed by atoms with E-state index in [-0.39, 0.29) is 61.5 Å². The van der Waals surface area contributed by atoms with Crippen molar-refractivity contribution in [2.24, 2.45) is 32.9 Å². The van der Waals surface area contributed by atoms with Crippen LogP contribution in [0.3, 0.4) is 0 Å². The molecule has 0 aliphatic heterocycles. The summed E-state index contributed by atoms with van der Waals surface area (Å²) in [7, 11) is 0. The van der Waals surface area contributed by atoms with Crippen molar-refractivity contribution in [3.63, 3.8) is 0 Å². The summed E-state index contributed by atoms with van der Waals surface area (Å²) in [4.78, 5) is 7.94. The number of hydrogen-bond acceptors (Lipinski definition) is 2. The number of nitrogens with two attached hydrogens (primary N) is 4. The van der Waals surface area contributed by atoms with Gasteiger partial charge in [-0.1, -0.05) is 24.3 Å². The SMILES string of the molecule is Cl.Cl.Cl.Cl.NC(N)=Nc1ccc(-c2ccc(N=C(N)N)cc2)cc1. The Hall–Kier alpha value is -1.86. The van der Waals surface area contributed by atoms with Crippen molar-refractivity contribution in [1.82, 2.24) is 0 Å². The highest BCUT2D eigenvalue weighted by Gasteiger charge is 1.99. The standard InChI is InChI=1S/C14H16N6.4ClH/c15-13(16)19-11-5-1-9(2-6-11)10-3-7-12(8-4-10)20-14(17)18;;;;/h1-8H,(H4,15,16,19)(H4,17,18,20);4*1H. The van der Waals surface area contributed by atoms with Gasteiger partial charge in [-0.05, 0) is 35.4 Å². The molecule has 0 spiro atoms. The quantitative estimate of drug-likeness (QED) is 0.455. The maximum Gasteiger partial charge on any atom is 0.191 e. The van der Waals surface area contributed by atoms with E-state index in [4.69, 9.17) is 22.9 Å². The molecule has 2 aromatic carbocycles. The summed E-state index contributed by atoms with van der Waals surface area (Å²) in [6, 6.07) is 15.2. The van der Waals surface area contributed by atoms with Gasteiger partial charge in [-0.2, -0.15) is 0 Å². The van der Waals surface area contributed by atoms with Gasteiger partial charge in [0.1, 0.15) is 0 Å². The van der Waals surface area contributed by atoms with Crippen LogP contribution in [-0.4, -0.2) is 11.9 Å². The normalized spacial score (nSPS) is 8.17. The molecule has 0 aliphatic carbocycles. The summed E-state index contributed by atoms with van der Waals surface area (Å²) in [5.41, 5.74) is 24.8. The number of halogens is 4. The van der Waals surface area contributed by atoms with Gasteiger partial charge in [0.05, 0.1) is 11.4 Å². The molecule has 24 heavy (non-hydrogen) atoms. The molecular formula is C14H20Cl4N6. The zero-order valence-electron chi connectivity index (χ0n) is 12.5. The predicted octanol–water partition coefficient (Wildman–Crippen LogP) is 2.85. The van der Waals surface area contributed by atoms with Crippen molar-refractivity contribution < 1.29 is 0 Å². The molecule has 6 nitrogen and oxygen atoms in total. The first-order chi connectivity index (χ1) is 9.54. The minimum atomic E-state index is 0. The molecule has 10 heteroatoms. The Morgan fingerprint density at radius 2 is 0.750 bits per heavy atom. The maximum absolute atomic E-state index is 5.32. The molecule has 134 valence electrons. The summed E-state index contributed by atoms with van der Waals surface area (Å²) in [5.74, 6) is 0.0821. The molecule has 0 saturated heterocycles. The minimum Gasteiger partial charge on any atom is -0.370 e. The van der Waals surface area contributed by atoms with Crippen molar-refractivity contribution in [3.05, 3.63) is 48.5 Å². The monoisotopic (exact) mass is 412 g/mol. The molecular weight excluding hydrogens is 394 g/mol. The predicted molar refractivity (Wildman–Crippen MR) is 112 cm³/mol. The molecule has 0 heterocycles. The molecule has 0 bridgehead atoms. The van der Waals surface area contributed by atoms with Crippen LogP contribution in [0.15, 0.2) is 58.5 Å². The second kappa shape index (κ2) is 12.5. The largest absolute Gasteiger partial charge is 0.370 e. The molecule has 0 radical (unpaired) electrons. The van der Waals surface area contributed by atoms with Gasteiger partial charge in [0, 0.05) is 0 Å². The lowest BCUT2D eigenvalue weighted by atomic mass is 10.1. The highest BCUT2D eigenvalue weighted by atomic mass is 35.5. The van der Waals surface area contributed by atoms with E-state index in [0.717, 1.165) is 11.1 Å². The van der Waals surface area contributed by atoms with Crippen LogP contribution < -0.4 is 22.9 Å². The van der Waals surface area contributed by atoms with Crippen LogP contribution in [0.4, 0.5) is 11.4 Å². The number of hydrogen-bond donors (Lipinski definition) is 4. The average Bonchev–Trinajstić information content (AvgIpc) is 2.39. The molecule has 0 amide bonds. The third kappa shape index (κ3) is 8.12. The molecule has 0 saturated carbocycles. The number of benzene rings is 2. The van der Waals surface area contributed by atoms with E-state index < -0.39 is 0 Å². The van der Waals surface area contributed by atoms with E-state index >= 15 is 0 Å². The Morgan fingerprint density at radius 3 is 0.958 bits per heavy atom. The van der Waals surface area contributed by atoms with E-state index in [2.05, 4.69) is 9.98 Å². The topological polar surface area (TPSA) is 129 Å². The minimum absolute atomic E-state index is 0. The number of aliphatic imine (C=N–C) groups is 2. The molecule has 8 N–H and O–H groups in total. The van der Waals surface area contributed by atoms with Gasteiger partial charge in [-0.25, -0.2) is 9.98 Å². The van der Waals surface area contributed by atoms with Crippen molar-refractivity contribution in [1.29, 1.82) is 0 Å². The summed E-state index contributed by atoms with van der Waals surface area (Å²) in [6.45, 7) is 0. The number of nitrogens with zero attached hydrogens (tertiary/aromatic N) is 2. The van der Waals surface area contributed by atoms with Crippen molar-refractivity contribution in [2.75, 3.05) is 0 Å². The Labute approximate surface area is 165 Å². The lowest BCUT2D eigenvalue weighted by Gasteiger charge is -2.03. The lowest BCUT2D eigenvalue weighted by Crippen LogP contribution is -2.21. The fourth-order valence-electron chi connectivity index (χ4n) is 1.75. The van der Waals surface area contributed by atoms with E-state index in [1.54, 1.807) is 0 Å². The second-order valence-corrected chi connectivity index (χ2v) is 4.17. The third-order valence-electron chi connectivity index (χ3n) is 2.58. The molecule has 2 aromatic rings. The smallest absolute Gasteiger partial charge is 0.191 e. The van der Waals surface area contributed by atoms with Gasteiger partial charge in [-0.3, -0.25) is 0 Å². The zero-order chi connectivity index (χ0) is 14.5. The molecule has 0 atom stereocenters. The number of rotatable bonds is 3. The molecule has 0 fully saturated rings. The van der Waals surface area contributed by atoms with Crippen molar-refractivity contribution in [3.8, 4) is 11.1 Å². The van der Waals surface area contributed by atoms with E-state index in [1.165, 1.54) is 0 Å². The fourth-order valence-corrected chi connectivity index (χ4v) is 1.75. The Morgan fingerprint density at radius 1 is 0.500 bits per heavy atom. The van der Waals surface area contributed by atoms with Crippen LogP contribution in [0.2, 0.25) is 0 Å². The second-order valence-electron chi connectivity index (χ2n) is 4.17. The summed E-state index contributed by atoms with van der Waals surface area (Å²) in [6.07, 6.45) is 0. The summed E-state index contributed by atoms with van der Waals surface area (Å²) >= 11 is 0. The van der Waals surface area contributed by atoms with Gasteiger partial charge in [0.25, 0.3) is 0 Å². The maximum atomic E-state index is 5.32. The highest BCUT2D eigenvalue weighted by molar-refractivity contribution is 5.86. The first-order valence-corrected chi connectivity index (χ1v) is 5.94. The van der Waals surface area contributed by atoms with E-state index in [1.807, 2.05) is 48.5 Å². The van der Waals surface area contributed by atoms with Crippen molar-refractivity contribution >= 4 is 72.9 Å². The Balaban J connectivity index is -0.00000110. The van der Waals surface area contributed by atoms with Gasteiger partial charge >= 0.3 is 0 Å². The van der Waals surface area contributed by atoms with Crippen molar-refractivity contribution in [2.45, 2.75) is 0 Å². The van der Waals surface area contributed by atoms with E-state index in [0.29, 0.717) is 11.4 Å². The summed E-state index contributed by atoms with van der Waals surface area (Å²) in [5, 5.41) is 0. The van der Waals surface area contributed by atoms with E-state index in [9.17, 15) is 0 Å². The van der Waals surface area contributed by atoms with Crippen LogP contribution in [0, 0.1) is 0 Å². The zero-order valence-corrected chi connectivity index (χ0v) is 15.7. The van der Waals surface area contributed by atoms with Crippen LogP contribution in [0.5, 0.6) is 0 Å². The number of guanidine groups is 2. The Kier molecular flexibility index (Phi) is 14.1. The lowest BCUT2D eigenvalue weighted by molar-refractivity contribution is 1.41. The average molecular weight is 414 g/mol. The molecule has 0 unspecified atom stereocenters. The Bertz CT molecular complexity index is 588. The third-order valence-corrected chi connectivity index (χ3v) is 2.58. The van der Waals surface area contributed by atoms with Gasteiger partial charge in [-0.15, -0.1) is 49.6 Å². The van der Waals surface area contributed by atoms with Crippen LogP contribution in [0.25, 0.3) is 11.1 Å². The van der Waals surface area contributed by atoms with Crippen LogP contribution >= 0.6 is 49.6 Å². The molecule has 0 aliphatic rings. The van der Waals surface area contributed by atoms with Crippen LogP contribution in [0.1, 0.15) is 0 Å². The van der Waals surface area contributed by atoms with Gasteiger partial charge in [0.15, 0.2) is 11.9 Å². The van der Waals surface area contributed by atoms with Gasteiger partial charge in [0.2, 0.25) is 0 Å². The summed E-state index contributed by atoms with van der Waals surface area (Å²) < 4.78 is 0. The van der Waals surface area contributed by atoms with Crippen LogP contribution in [-0.2, 0) is 0 Å². The molecule has 2 rings (SSSR count). The molecule has 0 aromatic heterocycles. The highest BCUT2D eigenvalue weighted by Crippen LogP contribution is 2.24. The fraction of sp³-hybridized carbons (Fsp3) is 0. The van der Waals surface area contributed by atoms with Gasteiger partial charge < -0.3 is 22.9 Å².